The molecule has 3 aromatic heterocycles. The maximum Gasteiger partial charge on any atom is 0.321 e. The lowest BCUT2D eigenvalue weighted by Gasteiger charge is -2.07. The topological polar surface area (TPSA) is 133 Å². The Hall–Kier alpha value is -4.08. The quantitative estimate of drug-likeness (QED) is 0.514. The summed E-state index contributed by atoms with van der Waals surface area (Å²) < 4.78 is 6.54. The number of nitrogens with zero attached hydrogens (tertiary/aromatic N) is 6. The minimum absolute atomic E-state index is 0.132. The molecule has 0 saturated heterocycles. The summed E-state index contributed by atoms with van der Waals surface area (Å²) >= 11 is 0. The van der Waals surface area contributed by atoms with E-state index in [1.165, 1.54) is 11.6 Å². The molecule has 28 heavy (non-hydrogen) atoms. The maximum atomic E-state index is 11.6. The Morgan fingerprint density at radius 2 is 1.93 bits per heavy atom. The molecule has 1 amide bonds. The number of aromatic nitrogens is 6. The van der Waals surface area contributed by atoms with Gasteiger partial charge >= 0.3 is 6.01 Å². The number of anilines is 1. The SMILES string of the molecule is COc1nc(NCc2ccccc2)nc(-c2nnn3c(C(N)=O)cccc23)n1. The number of pyridine rings is 1. The zero-order chi connectivity index (χ0) is 19.5. The average Bonchev–Trinajstić information content (AvgIpc) is 3.17. The summed E-state index contributed by atoms with van der Waals surface area (Å²) in [6, 6.07) is 15.0. The van der Waals surface area contributed by atoms with Crippen LogP contribution in [0.2, 0.25) is 0 Å². The molecule has 0 aliphatic carbocycles. The van der Waals surface area contributed by atoms with Crippen LogP contribution in [0.4, 0.5) is 5.95 Å². The molecule has 10 nitrogen and oxygen atoms in total. The number of carbonyl (C=O) groups excluding carboxylic acids is 1. The van der Waals surface area contributed by atoms with Gasteiger partial charge in [0.25, 0.3) is 5.91 Å². The molecule has 0 atom stereocenters. The lowest BCUT2D eigenvalue weighted by Crippen LogP contribution is -2.15. The third-order valence-electron chi connectivity index (χ3n) is 4.00. The minimum Gasteiger partial charge on any atom is -0.467 e. The van der Waals surface area contributed by atoms with Gasteiger partial charge in [-0.15, -0.1) is 5.10 Å². The molecule has 0 spiro atoms. The second kappa shape index (κ2) is 7.27. The molecule has 0 unspecified atom stereocenters. The Morgan fingerprint density at radius 1 is 1.11 bits per heavy atom. The number of nitrogens with one attached hydrogen (secondary N) is 1. The third-order valence-corrected chi connectivity index (χ3v) is 4.00. The highest BCUT2D eigenvalue weighted by Crippen LogP contribution is 2.22. The van der Waals surface area contributed by atoms with E-state index < -0.39 is 5.91 Å². The molecule has 10 heteroatoms. The van der Waals surface area contributed by atoms with Gasteiger partial charge in [-0.1, -0.05) is 41.6 Å². The molecular formula is C18H16N8O2. The second-order valence-electron chi connectivity index (χ2n) is 5.82. The smallest absolute Gasteiger partial charge is 0.321 e. The van der Waals surface area contributed by atoms with Crippen molar-refractivity contribution in [3.63, 3.8) is 0 Å². The summed E-state index contributed by atoms with van der Waals surface area (Å²) in [6.07, 6.45) is 0. The molecule has 0 fully saturated rings. The van der Waals surface area contributed by atoms with Crippen LogP contribution in [-0.4, -0.2) is 42.8 Å². The highest BCUT2D eigenvalue weighted by molar-refractivity contribution is 5.92. The normalized spacial score (nSPS) is 10.8. The van der Waals surface area contributed by atoms with Crippen molar-refractivity contribution in [2.75, 3.05) is 12.4 Å². The van der Waals surface area contributed by atoms with Crippen molar-refractivity contribution in [3.05, 3.63) is 59.8 Å². The van der Waals surface area contributed by atoms with E-state index in [-0.39, 0.29) is 17.5 Å². The van der Waals surface area contributed by atoms with E-state index in [9.17, 15) is 4.79 Å². The molecule has 0 bridgehead atoms. The first-order valence-electron chi connectivity index (χ1n) is 8.38. The largest absolute Gasteiger partial charge is 0.467 e. The van der Waals surface area contributed by atoms with Gasteiger partial charge in [-0.05, 0) is 17.7 Å². The molecule has 140 valence electrons. The van der Waals surface area contributed by atoms with Gasteiger partial charge in [0.15, 0.2) is 11.5 Å². The molecule has 0 radical (unpaired) electrons. The van der Waals surface area contributed by atoms with Crippen molar-refractivity contribution < 1.29 is 9.53 Å². The van der Waals surface area contributed by atoms with Crippen molar-refractivity contribution >= 4 is 17.4 Å². The first kappa shape index (κ1) is 17.3. The van der Waals surface area contributed by atoms with Gasteiger partial charge in [-0.2, -0.15) is 15.0 Å². The second-order valence-corrected chi connectivity index (χ2v) is 5.82. The van der Waals surface area contributed by atoms with Gasteiger partial charge in [0, 0.05) is 6.54 Å². The number of amides is 1. The molecule has 0 saturated carbocycles. The Kier molecular flexibility index (Phi) is 4.50. The predicted octanol–water partition coefficient (Wildman–Crippen LogP) is 1.30. The number of ether oxygens (including phenoxy) is 1. The van der Waals surface area contributed by atoms with Crippen LogP contribution in [0, 0.1) is 0 Å². The molecule has 4 aromatic rings. The Morgan fingerprint density at radius 3 is 2.68 bits per heavy atom. The number of hydrogen-bond donors (Lipinski definition) is 2. The van der Waals surface area contributed by atoms with Crippen LogP contribution < -0.4 is 15.8 Å². The summed E-state index contributed by atoms with van der Waals surface area (Å²) in [4.78, 5) is 24.5. The Bertz CT molecular complexity index is 1140. The number of hydrogen-bond acceptors (Lipinski definition) is 8. The molecule has 3 N–H and O–H groups in total. The number of carbonyl (C=O) groups is 1. The average molecular weight is 376 g/mol. The summed E-state index contributed by atoms with van der Waals surface area (Å²) in [7, 11) is 1.47. The molecule has 0 aliphatic heterocycles. The summed E-state index contributed by atoms with van der Waals surface area (Å²) in [5, 5.41) is 11.3. The van der Waals surface area contributed by atoms with Crippen molar-refractivity contribution in [3.8, 4) is 17.5 Å². The fourth-order valence-electron chi connectivity index (χ4n) is 2.67. The van der Waals surface area contributed by atoms with Crippen LogP contribution >= 0.6 is 0 Å². The van der Waals surface area contributed by atoms with E-state index in [2.05, 4.69) is 30.6 Å². The maximum absolute atomic E-state index is 11.6. The van der Waals surface area contributed by atoms with Gasteiger partial charge in [-0.25, -0.2) is 4.52 Å². The standard InChI is InChI=1S/C18H16N8O2/c1-28-18-22-16(21-17(23-18)20-10-11-6-3-2-4-7-11)14-12-8-5-9-13(15(19)27)26(12)25-24-14/h2-9H,10H2,1H3,(H2,19,27)(H,20,21,22,23). The predicted molar refractivity (Wildman–Crippen MR) is 101 cm³/mol. The number of rotatable bonds is 6. The fourth-order valence-corrected chi connectivity index (χ4v) is 2.67. The van der Waals surface area contributed by atoms with E-state index in [0.29, 0.717) is 23.7 Å². The monoisotopic (exact) mass is 376 g/mol. The van der Waals surface area contributed by atoms with Crippen molar-refractivity contribution in [1.29, 1.82) is 0 Å². The van der Waals surface area contributed by atoms with E-state index >= 15 is 0 Å². The van der Waals surface area contributed by atoms with Gasteiger partial charge in [-0.3, -0.25) is 4.79 Å². The van der Waals surface area contributed by atoms with Crippen LogP contribution in [-0.2, 0) is 6.54 Å². The van der Waals surface area contributed by atoms with Gasteiger partial charge in [0.2, 0.25) is 5.95 Å². The van der Waals surface area contributed by atoms with E-state index in [1.807, 2.05) is 30.3 Å². The zero-order valence-electron chi connectivity index (χ0n) is 14.9. The van der Waals surface area contributed by atoms with Crippen LogP contribution in [0.15, 0.2) is 48.5 Å². The van der Waals surface area contributed by atoms with E-state index in [0.717, 1.165) is 5.56 Å². The van der Waals surface area contributed by atoms with Gasteiger partial charge < -0.3 is 15.8 Å². The molecule has 0 aliphatic rings. The number of methoxy groups -OCH3 is 1. The zero-order valence-corrected chi connectivity index (χ0v) is 14.9. The van der Waals surface area contributed by atoms with E-state index in [1.54, 1.807) is 18.2 Å². The number of primary amides is 1. The minimum atomic E-state index is -0.611. The van der Waals surface area contributed by atoms with Crippen LogP contribution in [0.5, 0.6) is 6.01 Å². The third kappa shape index (κ3) is 3.30. The van der Waals surface area contributed by atoms with Crippen LogP contribution in [0.25, 0.3) is 17.0 Å². The first-order valence-corrected chi connectivity index (χ1v) is 8.38. The molecule has 1 aromatic carbocycles. The lowest BCUT2D eigenvalue weighted by atomic mass is 10.2. The first-order chi connectivity index (χ1) is 13.7. The molecular weight excluding hydrogens is 360 g/mol. The van der Waals surface area contributed by atoms with Crippen molar-refractivity contribution in [1.82, 2.24) is 29.8 Å². The van der Waals surface area contributed by atoms with Crippen molar-refractivity contribution in [2.45, 2.75) is 6.54 Å². The number of fused-ring (bicyclic) bond motifs is 1. The van der Waals surface area contributed by atoms with Crippen LogP contribution in [0.3, 0.4) is 0 Å². The van der Waals surface area contributed by atoms with Gasteiger partial charge in [0.1, 0.15) is 5.69 Å². The number of benzene rings is 1. The van der Waals surface area contributed by atoms with Crippen LogP contribution in [0.1, 0.15) is 16.1 Å². The van der Waals surface area contributed by atoms with Crippen molar-refractivity contribution in [2.24, 2.45) is 5.73 Å². The van der Waals surface area contributed by atoms with E-state index in [4.69, 9.17) is 10.5 Å². The Balaban J connectivity index is 1.73. The summed E-state index contributed by atoms with van der Waals surface area (Å²) in [5.74, 6) is -0.0163. The molecule has 4 rings (SSSR count). The van der Waals surface area contributed by atoms with Gasteiger partial charge in [0.05, 0.1) is 12.6 Å². The molecule has 3 heterocycles. The summed E-state index contributed by atoms with van der Waals surface area (Å²) in [5.41, 5.74) is 7.60. The Labute approximate surface area is 159 Å². The summed E-state index contributed by atoms with van der Waals surface area (Å²) in [6.45, 7) is 0.529. The number of nitrogens with two attached hydrogens (primary N) is 1. The highest BCUT2D eigenvalue weighted by atomic mass is 16.5. The fraction of sp³-hybridized carbons (Fsp3) is 0.111. The highest BCUT2D eigenvalue weighted by Gasteiger charge is 2.18. The lowest BCUT2D eigenvalue weighted by molar-refractivity contribution is 0.0993.